The molecular formula is C14H16N2O3. The van der Waals surface area contributed by atoms with Crippen LogP contribution in [0.4, 0.5) is 0 Å². The number of hydrogen-bond acceptors (Lipinski definition) is 5. The van der Waals surface area contributed by atoms with Crippen molar-refractivity contribution in [1.29, 1.82) is 0 Å². The number of carbonyl (C=O) groups excluding carboxylic acids is 1. The molecule has 1 unspecified atom stereocenters. The summed E-state index contributed by atoms with van der Waals surface area (Å²) >= 11 is 0. The van der Waals surface area contributed by atoms with Crippen molar-refractivity contribution in [2.45, 2.75) is 19.4 Å². The fourth-order valence-electron chi connectivity index (χ4n) is 2.31. The van der Waals surface area contributed by atoms with Gasteiger partial charge in [-0.15, -0.1) is 0 Å². The van der Waals surface area contributed by atoms with Crippen LogP contribution in [-0.4, -0.2) is 36.6 Å². The topological polar surface area (TPSA) is 64.4 Å². The lowest BCUT2D eigenvalue weighted by molar-refractivity contribution is 0.0676. The number of benzene rings is 1. The largest absolute Gasteiger partial charge is 0.441 e. The van der Waals surface area contributed by atoms with Gasteiger partial charge in [-0.25, -0.2) is 4.98 Å². The Labute approximate surface area is 111 Å². The fourth-order valence-corrected chi connectivity index (χ4v) is 2.31. The molecule has 1 N–H and O–H groups in total. The molecule has 5 heteroatoms. The lowest BCUT2D eigenvalue weighted by Gasteiger charge is -2.23. The zero-order valence-corrected chi connectivity index (χ0v) is 10.8. The van der Waals surface area contributed by atoms with Crippen molar-refractivity contribution in [2.24, 2.45) is 0 Å². The molecule has 5 nitrogen and oxygen atoms in total. The summed E-state index contributed by atoms with van der Waals surface area (Å²) in [6, 6.07) is 5.50. The van der Waals surface area contributed by atoms with Gasteiger partial charge in [0.05, 0.1) is 13.2 Å². The number of ketones is 1. The standard InChI is InChI=1S/C14H16N2O3/c1-9-16-12-3-2-10(6-14(12)19-9)13(17)7-11-8-18-5-4-15-11/h2-3,6,11,15H,4-5,7-8H2,1H3. The van der Waals surface area contributed by atoms with E-state index in [0.29, 0.717) is 36.7 Å². The van der Waals surface area contributed by atoms with E-state index in [2.05, 4.69) is 10.3 Å². The van der Waals surface area contributed by atoms with E-state index in [1.165, 1.54) is 0 Å². The minimum absolute atomic E-state index is 0.0963. The van der Waals surface area contributed by atoms with Crippen LogP contribution in [0.1, 0.15) is 22.7 Å². The van der Waals surface area contributed by atoms with Crippen LogP contribution in [0.5, 0.6) is 0 Å². The second-order valence-corrected chi connectivity index (χ2v) is 4.77. The minimum Gasteiger partial charge on any atom is -0.441 e. The van der Waals surface area contributed by atoms with E-state index in [0.717, 1.165) is 12.1 Å². The van der Waals surface area contributed by atoms with Crippen LogP contribution in [0.15, 0.2) is 22.6 Å². The van der Waals surface area contributed by atoms with Crippen molar-refractivity contribution < 1.29 is 13.9 Å². The quantitative estimate of drug-likeness (QED) is 0.851. The highest BCUT2D eigenvalue weighted by atomic mass is 16.5. The van der Waals surface area contributed by atoms with Crippen molar-refractivity contribution in [3.8, 4) is 0 Å². The first kappa shape index (κ1) is 12.3. The number of nitrogens with one attached hydrogen (secondary N) is 1. The van der Waals surface area contributed by atoms with Gasteiger partial charge in [-0.2, -0.15) is 0 Å². The molecule has 1 aromatic heterocycles. The molecule has 1 aromatic carbocycles. The Morgan fingerprint density at radius 2 is 2.42 bits per heavy atom. The zero-order valence-electron chi connectivity index (χ0n) is 10.8. The van der Waals surface area contributed by atoms with Gasteiger partial charge < -0.3 is 14.5 Å². The Morgan fingerprint density at radius 1 is 1.53 bits per heavy atom. The van der Waals surface area contributed by atoms with Crippen LogP contribution in [0.3, 0.4) is 0 Å². The molecule has 0 amide bonds. The molecule has 19 heavy (non-hydrogen) atoms. The smallest absolute Gasteiger partial charge is 0.192 e. The monoisotopic (exact) mass is 260 g/mol. The second-order valence-electron chi connectivity index (χ2n) is 4.77. The van der Waals surface area contributed by atoms with E-state index >= 15 is 0 Å². The van der Waals surface area contributed by atoms with Crippen LogP contribution in [-0.2, 0) is 4.74 Å². The molecule has 1 aliphatic rings. The number of nitrogens with zero attached hydrogens (tertiary/aromatic N) is 1. The zero-order chi connectivity index (χ0) is 13.2. The van der Waals surface area contributed by atoms with Gasteiger partial charge in [-0.05, 0) is 18.2 Å². The number of hydrogen-bond donors (Lipinski definition) is 1. The number of morpholine rings is 1. The van der Waals surface area contributed by atoms with Crippen LogP contribution >= 0.6 is 0 Å². The van der Waals surface area contributed by atoms with Crippen LogP contribution in [0.2, 0.25) is 0 Å². The summed E-state index contributed by atoms with van der Waals surface area (Å²) in [6.45, 7) is 3.91. The molecule has 0 saturated carbocycles. The maximum Gasteiger partial charge on any atom is 0.192 e. The summed E-state index contributed by atoms with van der Waals surface area (Å²) in [5.74, 6) is 0.709. The molecule has 0 bridgehead atoms. The average molecular weight is 260 g/mol. The van der Waals surface area contributed by atoms with E-state index in [1.54, 1.807) is 19.1 Å². The molecule has 3 rings (SSSR count). The second kappa shape index (κ2) is 5.11. The van der Waals surface area contributed by atoms with Gasteiger partial charge >= 0.3 is 0 Å². The highest BCUT2D eigenvalue weighted by molar-refractivity contribution is 5.98. The van der Waals surface area contributed by atoms with Gasteiger partial charge in [0.25, 0.3) is 0 Å². The number of aromatic nitrogens is 1. The molecular weight excluding hydrogens is 244 g/mol. The van der Waals surface area contributed by atoms with E-state index < -0.39 is 0 Å². The van der Waals surface area contributed by atoms with Crippen molar-refractivity contribution in [3.63, 3.8) is 0 Å². The Kier molecular flexibility index (Phi) is 3.31. The molecule has 100 valence electrons. The average Bonchev–Trinajstić information content (AvgIpc) is 2.78. The van der Waals surface area contributed by atoms with Crippen LogP contribution in [0.25, 0.3) is 11.1 Å². The maximum atomic E-state index is 12.2. The first-order valence-electron chi connectivity index (χ1n) is 6.44. The van der Waals surface area contributed by atoms with Gasteiger partial charge in [0.15, 0.2) is 17.3 Å². The Bertz CT molecular complexity index is 600. The van der Waals surface area contributed by atoms with Gasteiger partial charge in [-0.1, -0.05) is 0 Å². The number of Topliss-reactive ketones (excluding diaryl/α,β-unsaturated/α-hetero) is 1. The summed E-state index contributed by atoms with van der Waals surface area (Å²) in [5.41, 5.74) is 2.11. The molecule has 1 atom stereocenters. The minimum atomic E-state index is 0.0963. The molecule has 1 aliphatic heterocycles. The molecule has 1 fully saturated rings. The Balaban J connectivity index is 1.76. The summed E-state index contributed by atoms with van der Waals surface area (Å²) in [5, 5.41) is 3.28. The van der Waals surface area contributed by atoms with Crippen LogP contribution < -0.4 is 5.32 Å². The number of carbonyl (C=O) groups is 1. The highest BCUT2D eigenvalue weighted by Crippen LogP contribution is 2.18. The predicted octanol–water partition coefficient (Wildman–Crippen LogP) is 1.70. The van der Waals surface area contributed by atoms with E-state index in [4.69, 9.17) is 9.15 Å². The molecule has 0 aliphatic carbocycles. The third-order valence-electron chi connectivity index (χ3n) is 3.25. The van der Waals surface area contributed by atoms with E-state index in [9.17, 15) is 4.79 Å². The van der Waals surface area contributed by atoms with E-state index in [-0.39, 0.29) is 11.8 Å². The molecule has 2 aromatic rings. The Hall–Kier alpha value is -1.72. The summed E-state index contributed by atoms with van der Waals surface area (Å²) < 4.78 is 10.8. The highest BCUT2D eigenvalue weighted by Gasteiger charge is 2.18. The normalized spacial score (nSPS) is 19.7. The fraction of sp³-hybridized carbons (Fsp3) is 0.429. The summed E-state index contributed by atoms with van der Waals surface area (Å²) in [4.78, 5) is 16.4. The first-order valence-corrected chi connectivity index (χ1v) is 6.44. The van der Waals surface area contributed by atoms with Gasteiger partial charge in [0.2, 0.25) is 0 Å². The van der Waals surface area contributed by atoms with Crippen molar-refractivity contribution in [2.75, 3.05) is 19.8 Å². The maximum absolute atomic E-state index is 12.2. The van der Waals surface area contributed by atoms with Crippen molar-refractivity contribution >= 4 is 16.9 Å². The molecule has 0 radical (unpaired) electrons. The number of rotatable bonds is 3. The van der Waals surface area contributed by atoms with Gasteiger partial charge in [-0.3, -0.25) is 4.79 Å². The number of aryl methyl sites for hydroxylation is 1. The summed E-state index contributed by atoms with van der Waals surface area (Å²) in [7, 11) is 0. The van der Waals surface area contributed by atoms with Crippen LogP contribution in [0, 0.1) is 6.92 Å². The van der Waals surface area contributed by atoms with Crippen molar-refractivity contribution in [3.05, 3.63) is 29.7 Å². The van der Waals surface area contributed by atoms with Crippen molar-refractivity contribution in [1.82, 2.24) is 10.3 Å². The third-order valence-corrected chi connectivity index (χ3v) is 3.25. The van der Waals surface area contributed by atoms with Gasteiger partial charge in [0, 0.05) is 31.5 Å². The number of fused-ring (bicyclic) bond motifs is 1. The lowest BCUT2D eigenvalue weighted by Crippen LogP contribution is -2.42. The molecule has 0 spiro atoms. The first-order chi connectivity index (χ1) is 9.22. The predicted molar refractivity (Wildman–Crippen MR) is 70.3 cm³/mol. The third kappa shape index (κ3) is 2.67. The van der Waals surface area contributed by atoms with E-state index in [1.807, 2.05) is 6.07 Å². The number of ether oxygens (including phenoxy) is 1. The SMILES string of the molecule is Cc1nc2ccc(C(=O)CC3COCCN3)cc2o1. The molecule has 2 heterocycles. The number of oxazole rings is 1. The molecule has 1 saturated heterocycles. The Morgan fingerprint density at radius 3 is 3.21 bits per heavy atom. The lowest BCUT2D eigenvalue weighted by atomic mass is 10.0. The summed E-state index contributed by atoms with van der Waals surface area (Å²) in [6.07, 6.45) is 0.443. The van der Waals surface area contributed by atoms with Gasteiger partial charge in [0.1, 0.15) is 5.52 Å².